The third-order valence-electron chi connectivity index (χ3n) is 6.70. The van der Waals surface area contributed by atoms with Crippen LogP contribution in [0.25, 0.3) is 0 Å². The quantitative estimate of drug-likeness (QED) is 0.439. The van der Waals surface area contributed by atoms with E-state index in [1.54, 1.807) is 6.92 Å². The first kappa shape index (κ1) is 25.6. The summed E-state index contributed by atoms with van der Waals surface area (Å²) in [7, 11) is 0. The summed E-state index contributed by atoms with van der Waals surface area (Å²) in [5.74, 6) is -1.65. The molecule has 3 aliphatic rings. The fourth-order valence-corrected chi connectivity index (χ4v) is 5.31. The fourth-order valence-electron chi connectivity index (χ4n) is 5.31. The van der Waals surface area contributed by atoms with Crippen LogP contribution in [0.3, 0.4) is 0 Å². The largest absolute Gasteiger partial charge is 0.459 e. The van der Waals surface area contributed by atoms with Gasteiger partial charge < -0.3 is 19.3 Å². The summed E-state index contributed by atoms with van der Waals surface area (Å²) in [5.41, 5.74) is 2.96. The van der Waals surface area contributed by atoms with E-state index in [4.69, 9.17) is 14.2 Å². The van der Waals surface area contributed by atoms with Gasteiger partial charge in [-0.1, -0.05) is 17.2 Å². The third-order valence-corrected chi connectivity index (χ3v) is 6.70. The van der Waals surface area contributed by atoms with Crippen molar-refractivity contribution in [2.24, 2.45) is 5.92 Å². The molecule has 0 bridgehead atoms. The maximum Gasteiger partial charge on any atom is 0.303 e. The molecule has 182 valence electrons. The highest BCUT2D eigenvalue weighted by molar-refractivity contribution is 5.96. The first-order valence-corrected chi connectivity index (χ1v) is 11.9. The highest BCUT2D eigenvalue weighted by atomic mass is 16.7. The Kier molecular flexibility index (Phi) is 7.82. The maximum atomic E-state index is 12.3. The summed E-state index contributed by atoms with van der Waals surface area (Å²) in [6.45, 7) is 13.0. The van der Waals surface area contributed by atoms with Crippen LogP contribution in [-0.4, -0.2) is 47.1 Å². The molecule has 2 aliphatic heterocycles. The standard InChI is InChI=1S/C27H38O6/c1-17(2)8-7-9-18(3)10-22-14-26(6,31-20(5)29)16-27(32-22)13-21(15-28)23-12-24(30)19(4)11-25(23)33-27/h10-11,13,22-23,25,28H,1,7-9,12,14-16H2,2-6H3/t22-,23-,25-,26-,27-/m1/s1. The van der Waals surface area contributed by atoms with Gasteiger partial charge in [0.2, 0.25) is 0 Å². The van der Waals surface area contributed by atoms with Crippen molar-refractivity contribution >= 4 is 11.8 Å². The van der Waals surface area contributed by atoms with E-state index in [9.17, 15) is 14.7 Å². The molecule has 3 rings (SSSR count). The van der Waals surface area contributed by atoms with Gasteiger partial charge in [-0.15, -0.1) is 6.58 Å². The van der Waals surface area contributed by atoms with E-state index in [2.05, 4.69) is 19.6 Å². The van der Waals surface area contributed by atoms with E-state index in [0.29, 0.717) is 24.8 Å². The van der Waals surface area contributed by atoms with Gasteiger partial charge in [-0.25, -0.2) is 0 Å². The number of ketones is 1. The van der Waals surface area contributed by atoms with Gasteiger partial charge in [0, 0.05) is 32.1 Å². The Morgan fingerprint density at radius 2 is 2.03 bits per heavy atom. The van der Waals surface area contributed by atoms with Gasteiger partial charge in [-0.05, 0) is 70.3 Å². The van der Waals surface area contributed by atoms with Crippen molar-refractivity contribution in [2.45, 2.75) is 96.7 Å². The Hall–Kier alpha value is -2.02. The van der Waals surface area contributed by atoms with Gasteiger partial charge in [0.05, 0.1) is 18.8 Å². The molecule has 2 heterocycles. The number of hydrogen-bond acceptors (Lipinski definition) is 6. The Morgan fingerprint density at radius 1 is 1.30 bits per heavy atom. The summed E-state index contributed by atoms with van der Waals surface area (Å²) in [6, 6.07) is 0. The molecular weight excluding hydrogens is 420 g/mol. The van der Waals surface area contributed by atoms with Gasteiger partial charge in [-0.2, -0.15) is 0 Å². The topological polar surface area (TPSA) is 82.1 Å². The smallest absolute Gasteiger partial charge is 0.303 e. The van der Waals surface area contributed by atoms with E-state index in [1.807, 2.05) is 26.0 Å². The van der Waals surface area contributed by atoms with Crippen molar-refractivity contribution in [3.63, 3.8) is 0 Å². The van der Waals surface area contributed by atoms with Gasteiger partial charge >= 0.3 is 5.97 Å². The van der Waals surface area contributed by atoms with Gasteiger partial charge in [0.15, 0.2) is 11.6 Å². The molecule has 1 fully saturated rings. The van der Waals surface area contributed by atoms with Crippen LogP contribution >= 0.6 is 0 Å². The zero-order chi connectivity index (χ0) is 24.4. The fraction of sp³-hybridized carbons (Fsp3) is 0.630. The van der Waals surface area contributed by atoms with Crippen molar-refractivity contribution in [3.05, 3.63) is 47.1 Å². The van der Waals surface area contributed by atoms with Crippen LogP contribution in [0.5, 0.6) is 0 Å². The minimum absolute atomic E-state index is 0.0654. The first-order chi connectivity index (χ1) is 15.4. The highest BCUT2D eigenvalue weighted by Gasteiger charge is 2.53. The molecule has 33 heavy (non-hydrogen) atoms. The molecule has 1 spiro atoms. The lowest BCUT2D eigenvalue weighted by Crippen LogP contribution is -2.57. The van der Waals surface area contributed by atoms with Gasteiger partial charge in [0.1, 0.15) is 5.60 Å². The number of hydrogen-bond donors (Lipinski definition) is 1. The number of esters is 1. The second-order valence-corrected chi connectivity index (χ2v) is 10.3. The summed E-state index contributed by atoms with van der Waals surface area (Å²) in [4.78, 5) is 24.2. The molecule has 0 radical (unpaired) electrons. The number of aliphatic hydroxyl groups excluding tert-OH is 1. The summed E-state index contributed by atoms with van der Waals surface area (Å²) >= 11 is 0. The number of carbonyl (C=O) groups is 2. The highest BCUT2D eigenvalue weighted by Crippen LogP contribution is 2.47. The third kappa shape index (κ3) is 6.31. The van der Waals surface area contributed by atoms with Crippen LogP contribution < -0.4 is 0 Å². The average Bonchev–Trinajstić information content (AvgIpc) is 2.66. The molecule has 6 heteroatoms. The molecule has 0 amide bonds. The first-order valence-electron chi connectivity index (χ1n) is 11.9. The van der Waals surface area contributed by atoms with E-state index in [0.717, 1.165) is 24.8 Å². The molecule has 0 aromatic rings. The van der Waals surface area contributed by atoms with Crippen LogP contribution in [0.1, 0.15) is 73.1 Å². The zero-order valence-corrected chi connectivity index (χ0v) is 20.6. The number of allylic oxidation sites excluding steroid dienone is 3. The number of aliphatic hydroxyl groups is 1. The normalized spacial score (nSPS) is 34.4. The Labute approximate surface area is 197 Å². The lowest BCUT2D eigenvalue weighted by molar-refractivity contribution is -0.297. The van der Waals surface area contributed by atoms with Gasteiger partial charge in [0.25, 0.3) is 0 Å². The van der Waals surface area contributed by atoms with E-state index < -0.39 is 11.4 Å². The number of Topliss-reactive ketones (excluding diaryl/α,β-unsaturated/α-hetero) is 1. The monoisotopic (exact) mass is 458 g/mol. The van der Waals surface area contributed by atoms with E-state index >= 15 is 0 Å². The van der Waals surface area contributed by atoms with Crippen molar-refractivity contribution in [3.8, 4) is 0 Å². The molecule has 0 aromatic heterocycles. The van der Waals surface area contributed by atoms with Crippen molar-refractivity contribution < 1.29 is 28.9 Å². The molecule has 0 unspecified atom stereocenters. The molecule has 0 aromatic carbocycles. The minimum atomic E-state index is -1.15. The molecule has 1 aliphatic carbocycles. The van der Waals surface area contributed by atoms with Gasteiger partial charge in [-0.3, -0.25) is 9.59 Å². The predicted octanol–water partition coefficient (Wildman–Crippen LogP) is 4.73. The number of fused-ring (bicyclic) bond motifs is 1. The molecule has 1 N–H and O–H groups in total. The Bertz CT molecular complexity index is 896. The second kappa shape index (κ2) is 10.1. The van der Waals surface area contributed by atoms with E-state index in [-0.39, 0.29) is 36.5 Å². The number of rotatable bonds is 7. The summed E-state index contributed by atoms with van der Waals surface area (Å²) in [6.07, 6.45) is 9.09. The second-order valence-electron chi connectivity index (χ2n) is 10.3. The molecule has 6 nitrogen and oxygen atoms in total. The Balaban J connectivity index is 1.92. The van der Waals surface area contributed by atoms with Crippen LogP contribution in [0.2, 0.25) is 0 Å². The predicted molar refractivity (Wildman–Crippen MR) is 126 cm³/mol. The minimum Gasteiger partial charge on any atom is -0.459 e. The summed E-state index contributed by atoms with van der Waals surface area (Å²) in [5, 5.41) is 10.1. The number of carbonyl (C=O) groups excluding carboxylic acids is 2. The van der Waals surface area contributed by atoms with Crippen LogP contribution in [0.4, 0.5) is 0 Å². The van der Waals surface area contributed by atoms with Crippen LogP contribution in [0.15, 0.2) is 47.1 Å². The number of ether oxygens (including phenoxy) is 3. The van der Waals surface area contributed by atoms with E-state index in [1.165, 1.54) is 18.1 Å². The summed E-state index contributed by atoms with van der Waals surface area (Å²) < 4.78 is 18.8. The molecule has 0 saturated carbocycles. The molecule has 1 saturated heterocycles. The lowest BCUT2D eigenvalue weighted by atomic mass is 9.77. The lowest BCUT2D eigenvalue weighted by Gasteiger charge is -2.51. The zero-order valence-electron chi connectivity index (χ0n) is 20.6. The molecule has 5 atom stereocenters. The SMILES string of the molecule is C=C(C)CCCC(C)=C[C@@H]1C[C@@](C)(OC(C)=O)C[C@]2(C=C(CO)[C@H]3CC(=O)C(C)=C[C@H]3O2)O1. The van der Waals surface area contributed by atoms with Crippen LogP contribution in [0, 0.1) is 5.92 Å². The van der Waals surface area contributed by atoms with Crippen molar-refractivity contribution in [1.82, 2.24) is 0 Å². The maximum absolute atomic E-state index is 12.3. The average molecular weight is 459 g/mol. The molecular formula is C27H38O6. The van der Waals surface area contributed by atoms with Crippen LogP contribution in [-0.2, 0) is 23.8 Å². The van der Waals surface area contributed by atoms with Crippen molar-refractivity contribution in [1.29, 1.82) is 0 Å². The van der Waals surface area contributed by atoms with Crippen molar-refractivity contribution in [2.75, 3.05) is 6.61 Å². The Morgan fingerprint density at radius 3 is 2.67 bits per heavy atom.